The van der Waals surface area contributed by atoms with Crippen molar-refractivity contribution in [1.82, 2.24) is 5.32 Å². The highest BCUT2D eigenvalue weighted by molar-refractivity contribution is 5.76. The van der Waals surface area contributed by atoms with Crippen LogP contribution in [0.2, 0.25) is 0 Å². The van der Waals surface area contributed by atoms with Crippen LogP contribution in [-0.2, 0) is 14.3 Å². The lowest BCUT2D eigenvalue weighted by atomic mass is 9.99. The van der Waals surface area contributed by atoms with Crippen molar-refractivity contribution in [3.05, 3.63) is 122 Å². The van der Waals surface area contributed by atoms with Crippen LogP contribution in [0.15, 0.2) is 122 Å². The summed E-state index contributed by atoms with van der Waals surface area (Å²) < 4.78 is 11.3. The van der Waals surface area contributed by atoms with Gasteiger partial charge in [0, 0.05) is 6.42 Å². The fraction of sp³-hybridized carbons (Fsp3) is 0.704. The summed E-state index contributed by atoms with van der Waals surface area (Å²) in [5, 5.41) is 54.6. The van der Waals surface area contributed by atoms with Gasteiger partial charge in [-0.2, -0.15) is 0 Å². The van der Waals surface area contributed by atoms with Gasteiger partial charge in [0.25, 0.3) is 0 Å². The van der Waals surface area contributed by atoms with Crippen molar-refractivity contribution in [2.75, 3.05) is 13.2 Å². The first kappa shape index (κ1) is 74.6. The molecule has 80 heavy (non-hydrogen) atoms. The second kappa shape index (κ2) is 58.8. The summed E-state index contributed by atoms with van der Waals surface area (Å²) in [5.41, 5.74) is 0. The third-order valence-corrected chi connectivity index (χ3v) is 14.8. The van der Waals surface area contributed by atoms with Crippen molar-refractivity contribution in [2.45, 2.75) is 307 Å². The Morgan fingerprint density at radius 2 is 0.775 bits per heavy atom. The van der Waals surface area contributed by atoms with Gasteiger partial charge in [0.2, 0.25) is 5.91 Å². The average molecular weight is 1120 g/mol. The zero-order valence-corrected chi connectivity index (χ0v) is 51.0. The molecule has 0 aromatic heterocycles. The van der Waals surface area contributed by atoms with Gasteiger partial charge >= 0.3 is 0 Å². The minimum Gasteiger partial charge on any atom is -0.394 e. The first-order valence-electron chi connectivity index (χ1n) is 32.8. The molecule has 1 saturated heterocycles. The smallest absolute Gasteiger partial charge is 0.220 e. The molecule has 1 aliphatic heterocycles. The van der Waals surface area contributed by atoms with E-state index in [1.54, 1.807) is 6.08 Å². The Labute approximate surface area is 490 Å². The average Bonchev–Trinajstić information content (AvgIpc) is 3.46. The summed E-state index contributed by atoms with van der Waals surface area (Å²) in [5.74, 6) is -0.237. The molecular weight excluding hydrogens is 995 g/mol. The van der Waals surface area contributed by atoms with E-state index >= 15 is 0 Å². The van der Waals surface area contributed by atoms with Gasteiger partial charge in [-0.3, -0.25) is 4.79 Å². The van der Waals surface area contributed by atoms with Gasteiger partial charge in [-0.25, -0.2) is 0 Å². The number of hydrogen-bond acceptors (Lipinski definition) is 8. The number of amides is 1. The molecule has 1 aliphatic rings. The van der Waals surface area contributed by atoms with E-state index in [1.165, 1.54) is 154 Å². The zero-order valence-electron chi connectivity index (χ0n) is 51.0. The fourth-order valence-corrected chi connectivity index (χ4v) is 9.69. The molecule has 9 nitrogen and oxygen atoms in total. The molecule has 6 N–H and O–H groups in total. The summed E-state index contributed by atoms with van der Waals surface area (Å²) in [6, 6.07) is -0.847. The van der Waals surface area contributed by atoms with Crippen LogP contribution in [0.3, 0.4) is 0 Å². The molecule has 0 bridgehead atoms. The van der Waals surface area contributed by atoms with Gasteiger partial charge in [-0.05, 0) is 83.5 Å². The number of nitrogens with one attached hydrogen (secondary N) is 1. The number of ether oxygens (including phenoxy) is 2. The van der Waals surface area contributed by atoms with E-state index in [2.05, 4.69) is 129 Å². The minimum atomic E-state index is -1.59. The summed E-state index contributed by atoms with van der Waals surface area (Å²) in [6.45, 7) is 3.65. The molecule has 0 aliphatic carbocycles. The molecule has 9 heteroatoms. The third kappa shape index (κ3) is 47.1. The lowest BCUT2D eigenvalue weighted by molar-refractivity contribution is -0.302. The Morgan fingerprint density at radius 1 is 0.438 bits per heavy atom. The summed E-state index contributed by atoms with van der Waals surface area (Å²) >= 11 is 0. The van der Waals surface area contributed by atoms with Crippen molar-refractivity contribution < 1.29 is 39.8 Å². The molecule has 0 radical (unpaired) electrons. The molecule has 7 atom stereocenters. The van der Waals surface area contributed by atoms with Crippen LogP contribution in [0.25, 0.3) is 0 Å². The normalized spacial score (nSPS) is 19.3. The molecule has 0 aromatic carbocycles. The topological polar surface area (TPSA) is 149 Å². The number of hydrogen-bond donors (Lipinski definition) is 6. The first-order valence-corrected chi connectivity index (χ1v) is 32.8. The number of carbonyl (C=O) groups is 1. The Kier molecular flexibility index (Phi) is 54.8. The van der Waals surface area contributed by atoms with E-state index in [1.807, 2.05) is 6.08 Å². The number of unbranched alkanes of at least 4 members (excludes halogenated alkanes) is 27. The Hall–Kier alpha value is -3.41. The van der Waals surface area contributed by atoms with Crippen LogP contribution < -0.4 is 5.32 Å². The highest BCUT2D eigenvalue weighted by Crippen LogP contribution is 2.23. The maximum Gasteiger partial charge on any atom is 0.220 e. The monoisotopic (exact) mass is 1120 g/mol. The van der Waals surface area contributed by atoms with Crippen molar-refractivity contribution in [3.63, 3.8) is 0 Å². The van der Waals surface area contributed by atoms with E-state index in [4.69, 9.17) is 9.47 Å². The van der Waals surface area contributed by atoms with Crippen LogP contribution in [0.1, 0.15) is 264 Å². The Bertz CT molecular complexity index is 1670. The zero-order chi connectivity index (χ0) is 57.9. The number of carbonyl (C=O) groups excluding carboxylic acids is 1. The van der Waals surface area contributed by atoms with Gasteiger partial charge in [0.05, 0.1) is 25.4 Å². The Morgan fingerprint density at radius 3 is 1.14 bits per heavy atom. The number of aliphatic hydroxyl groups excluding tert-OH is 5. The van der Waals surface area contributed by atoms with E-state index < -0.39 is 49.5 Å². The predicted octanol–water partition coefficient (Wildman–Crippen LogP) is 17.5. The van der Waals surface area contributed by atoms with Crippen molar-refractivity contribution in [2.24, 2.45) is 0 Å². The van der Waals surface area contributed by atoms with Gasteiger partial charge in [-0.15, -0.1) is 0 Å². The van der Waals surface area contributed by atoms with Crippen molar-refractivity contribution in [3.8, 4) is 0 Å². The second-order valence-electron chi connectivity index (χ2n) is 22.2. The minimum absolute atomic E-state index is 0.219. The maximum absolute atomic E-state index is 13.1. The first-order chi connectivity index (χ1) is 39.3. The largest absolute Gasteiger partial charge is 0.394 e. The number of allylic oxidation sites excluding steroid dienone is 19. The summed E-state index contributed by atoms with van der Waals surface area (Å²) in [6.07, 6.45) is 81.4. The van der Waals surface area contributed by atoms with Gasteiger partial charge < -0.3 is 40.3 Å². The molecule has 1 fully saturated rings. The number of aliphatic hydroxyl groups is 5. The Balaban J connectivity index is 2.24. The highest BCUT2D eigenvalue weighted by Gasteiger charge is 2.44. The van der Waals surface area contributed by atoms with Gasteiger partial charge in [-0.1, -0.05) is 296 Å². The van der Waals surface area contributed by atoms with Crippen molar-refractivity contribution >= 4 is 5.91 Å². The fourth-order valence-electron chi connectivity index (χ4n) is 9.69. The molecule has 1 rings (SSSR count). The van der Waals surface area contributed by atoms with Crippen LogP contribution in [0.5, 0.6) is 0 Å². The molecular formula is C71H121NO8. The van der Waals surface area contributed by atoms with Crippen LogP contribution in [0, 0.1) is 0 Å². The summed E-state index contributed by atoms with van der Waals surface area (Å²) in [7, 11) is 0. The molecule has 1 heterocycles. The number of rotatable bonds is 55. The van der Waals surface area contributed by atoms with E-state index in [9.17, 15) is 30.3 Å². The van der Waals surface area contributed by atoms with Crippen LogP contribution in [0.4, 0.5) is 0 Å². The molecule has 458 valence electrons. The van der Waals surface area contributed by atoms with Crippen LogP contribution in [-0.4, -0.2) is 87.5 Å². The molecule has 1 amide bonds. The maximum atomic E-state index is 13.1. The van der Waals surface area contributed by atoms with E-state index in [0.29, 0.717) is 6.42 Å². The van der Waals surface area contributed by atoms with Crippen molar-refractivity contribution in [1.29, 1.82) is 0 Å². The quantitative estimate of drug-likeness (QED) is 0.0261. The third-order valence-electron chi connectivity index (χ3n) is 14.8. The van der Waals surface area contributed by atoms with E-state index in [0.717, 1.165) is 83.5 Å². The SMILES string of the molecule is CC/C=C\C/C=C\C/C=C\C/C=C\C/C=C\C/C=C\C/C=C\C/C=C\C/C=C\CCCC(=O)NC(COC1OC(CO)C(O)C(O)C1O)C(O)/C=C/CCCCCCCCCCCCCCCCCCCCCCCCCCCC. The highest BCUT2D eigenvalue weighted by atomic mass is 16.7. The second-order valence-corrected chi connectivity index (χ2v) is 22.2. The lowest BCUT2D eigenvalue weighted by Gasteiger charge is -2.40. The standard InChI is InChI=1S/C71H121NO8/c1-3-5-7-9-11-13-15-17-19-21-23-25-27-29-31-33-35-37-39-41-43-45-47-49-51-53-55-57-59-61-67(75)72-64(63-79-71-70(78)69(77)68(76)66(62-73)80-71)65(74)60-58-56-54-52-50-48-46-44-42-40-38-36-34-32-30-28-26-24-22-20-18-16-14-12-10-8-6-4-2/h5,7,11,13,17,19,23,25,29,31,35,37,41,43,47,49,53,55,58,60,64-66,68-71,73-74,76-78H,3-4,6,8-10,12,14-16,18,20-22,24,26-28,30,32-34,36,38-40,42,44-46,48,50-52,54,56-57,59,61-63H2,1-2H3,(H,72,75)/b7-5-,13-11-,19-17-,25-23-,31-29-,37-35-,43-41-,49-47-,55-53-,60-58+. The predicted molar refractivity (Wildman–Crippen MR) is 340 cm³/mol. The molecule has 0 aromatic rings. The van der Waals surface area contributed by atoms with Gasteiger partial charge in [0.15, 0.2) is 6.29 Å². The van der Waals surface area contributed by atoms with E-state index in [-0.39, 0.29) is 18.9 Å². The van der Waals surface area contributed by atoms with Gasteiger partial charge in [0.1, 0.15) is 24.4 Å². The molecule has 7 unspecified atom stereocenters. The molecule has 0 saturated carbocycles. The lowest BCUT2D eigenvalue weighted by Crippen LogP contribution is -2.60. The summed E-state index contributed by atoms with van der Waals surface area (Å²) in [4.78, 5) is 13.1. The molecule has 0 spiro atoms. The van der Waals surface area contributed by atoms with Crippen LogP contribution >= 0.6 is 0 Å².